The van der Waals surface area contributed by atoms with E-state index < -0.39 is 0 Å². The van der Waals surface area contributed by atoms with E-state index in [1.165, 1.54) is 12.8 Å². The van der Waals surface area contributed by atoms with E-state index in [4.69, 9.17) is 10.5 Å². The normalized spacial score (nSPS) is 25.2. The minimum Gasteiger partial charge on any atom is -0.381 e. The van der Waals surface area contributed by atoms with Gasteiger partial charge in [0.2, 0.25) is 0 Å². The Labute approximate surface area is 74.7 Å². The van der Waals surface area contributed by atoms with Crippen molar-refractivity contribution in [2.24, 2.45) is 5.73 Å². The van der Waals surface area contributed by atoms with Crippen LogP contribution in [0.25, 0.3) is 0 Å². The highest BCUT2D eigenvalue weighted by Crippen LogP contribution is 2.07. The fraction of sp³-hybridized carbons (Fsp3) is 1.00. The number of nitrogens with one attached hydrogen (secondary N) is 1. The Morgan fingerprint density at radius 1 is 1.33 bits per heavy atom. The summed E-state index contributed by atoms with van der Waals surface area (Å²) in [5.41, 5.74) is 5.41. The molecule has 1 heterocycles. The molecule has 3 heteroatoms. The average Bonchev–Trinajstić information content (AvgIpc) is 2.33. The molecule has 12 heavy (non-hydrogen) atoms. The third-order valence-corrected chi connectivity index (χ3v) is 2.27. The molecule has 3 nitrogen and oxygen atoms in total. The lowest BCUT2D eigenvalue weighted by atomic mass is 10.1. The van der Waals surface area contributed by atoms with Crippen molar-refractivity contribution < 1.29 is 4.74 Å². The molecule has 3 N–H and O–H groups in total. The molecule has 0 aromatic heterocycles. The second-order valence-electron chi connectivity index (χ2n) is 3.34. The zero-order valence-corrected chi connectivity index (χ0v) is 7.72. The zero-order chi connectivity index (χ0) is 8.65. The lowest BCUT2D eigenvalue weighted by Gasteiger charge is -2.14. The molecule has 0 saturated carbocycles. The number of ether oxygens (including phenoxy) is 1. The molecular weight excluding hydrogens is 152 g/mol. The number of rotatable bonds is 4. The quantitative estimate of drug-likeness (QED) is 0.607. The summed E-state index contributed by atoms with van der Waals surface area (Å²) in [6.45, 7) is 3.70. The average molecular weight is 172 g/mol. The first kappa shape index (κ1) is 9.96. The van der Waals surface area contributed by atoms with Gasteiger partial charge in [0.15, 0.2) is 0 Å². The third-order valence-electron chi connectivity index (χ3n) is 2.27. The van der Waals surface area contributed by atoms with E-state index in [1.54, 1.807) is 0 Å². The van der Waals surface area contributed by atoms with Gasteiger partial charge in [-0.15, -0.1) is 0 Å². The molecule has 0 spiro atoms. The molecule has 1 rings (SSSR count). The van der Waals surface area contributed by atoms with Gasteiger partial charge in [0.05, 0.1) is 0 Å². The minimum atomic E-state index is 0.666. The first-order valence-electron chi connectivity index (χ1n) is 4.94. The Bertz CT molecular complexity index is 101. The molecule has 1 fully saturated rings. The van der Waals surface area contributed by atoms with Gasteiger partial charge < -0.3 is 15.8 Å². The van der Waals surface area contributed by atoms with Gasteiger partial charge in [-0.2, -0.15) is 0 Å². The van der Waals surface area contributed by atoms with Crippen molar-refractivity contribution in [1.82, 2.24) is 5.32 Å². The summed E-state index contributed by atoms with van der Waals surface area (Å²) in [4.78, 5) is 0. The van der Waals surface area contributed by atoms with Crippen molar-refractivity contribution in [3.05, 3.63) is 0 Å². The maximum atomic E-state index is 5.41. The molecule has 0 radical (unpaired) electrons. The van der Waals surface area contributed by atoms with Crippen LogP contribution < -0.4 is 11.1 Å². The van der Waals surface area contributed by atoms with Crippen LogP contribution in [0, 0.1) is 0 Å². The summed E-state index contributed by atoms with van der Waals surface area (Å²) < 4.78 is 5.37. The van der Waals surface area contributed by atoms with Gasteiger partial charge in [0.1, 0.15) is 0 Å². The lowest BCUT2D eigenvalue weighted by Crippen LogP contribution is -2.31. The van der Waals surface area contributed by atoms with E-state index in [9.17, 15) is 0 Å². The summed E-state index contributed by atoms with van der Waals surface area (Å²) in [7, 11) is 0. The van der Waals surface area contributed by atoms with Crippen LogP contribution in [-0.2, 0) is 4.74 Å². The van der Waals surface area contributed by atoms with Gasteiger partial charge in [-0.1, -0.05) is 0 Å². The molecule has 0 bridgehead atoms. The van der Waals surface area contributed by atoms with E-state index in [1.807, 2.05) is 0 Å². The molecule has 0 amide bonds. The Morgan fingerprint density at radius 2 is 2.25 bits per heavy atom. The van der Waals surface area contributed by atoms with Gasteiger partial charge in [-0.25, -0.2) is 0 Å². The van der Waals surface area contributed by atoms with Crippen LogP contribution in [0.3, 0.4) is 0 Å². The third kappa shape index (κ3) is 4.04. The van der Waals surface area contributed by atoms with E-state index >= 15 is 0 Å². The van der Waals surface area contributed by atoms with E-state index in [2.05, 4.69) is 5.32 Å². The molecule has 0 aromatic rings. The predicted octanol–water partition coefficient (Wildman–Crippen LogP) is 0.494. The number of hydrogen-bond donors (Lipinski definition) is 2. The molecule has 1 aliphatic rings. The smallest absolute Gasteiger partial charge is 0.0480 e. The van der Waals surface area contributed by atoms with Gasteiger partial charge in [0.25, 0.3) is 0 Å². The van der Waals surface area contributed by atoms with Crippen molar-refractivity contribution >= 4 is 0 Å². The Hall–Kier alpha value is -0.120. The maximum Gasteiger partial charge on any atom is 0.0480 e. The van der Waals surface area contributed by atoms with Crippen LogP contribution in [0.15, 0.2) is 0 Å². The molecule has 1 aliphatic heterocycles. The highest BCUT2D eigenvalue weighted by Gasteiger charge is 2.10. The van der Waals surface area contributed by atoms with Crippen molar-refractivity contribution in [2.45, 2.75) is 31.7 Å². The monoisotopic (exact) mass is 172 g/mol. The first-order chi connectivity index (χ1) is 5.93. The van der Waals surface area contributed by atoms with Crippen LogP contribution in [0.4, 0.5) is 0 Å². The summed E-state index contributed by atoms with van der Waals surface area (Å²) >= 11 is 0. The molecule has 1 unspecified atom stereocenters. The Kier molecular flexibility index (Phi) is 5.32. The van der Waals surface area contributed by atoms with Crippen molar-refractivity contribution in [2.75, 3.05) is 26.3 Å². The summed E-state index contributed by atoms with van der Waals surface area (Å²) in [6, 6.07) is 0.666. The van der Waals surface area contributed by atoms with Crippen molar-refractivity contribution in [1.29, 1.82) is 0 Å². The fourth-order valence-electron chi connectivity index (χ4n) is 1.52. The molecular formula is C9H20N2O. The second kappa shape index (κ2) is 6.40. The molecule has 1 atom stereocenters. The van der Waals surface area contributed by atoms with Gasteiger partial charge in [0, 0.05) is 19.3 Å². The summed E-state index contributed by atoms with van der Waals surface area (Å²) in [5, 5.41) is 3.50. The maximum absolute atomic E-state index is 5.41. The van der Waals surface area contributed by atoms with Crippen LogP contribution in [0.1, 0.15) is 25.7 Å². The first-order valence-corrected chi connectivity index (χ1v) is 4.94. The number of hydrogen-bond acceptors (Lipinski definition) is 3. The SMILES string of the molecule is NCCCNC1CCCOCC1. The van der Waals surface area contributed by atoms with Crippen LogP contribution in [0.5, 0.6) is 0 Å². The van der Waals surface area contributed by atoms with E-state index in [-0.39, 0.29) is 0 Å². The fourth-order valence-corrected chi connectivity index (χ4v) is 1.52. The lowest BCUT2D eigenvalue weighted by molar-refractivity contribution is 0.142. The van der Waals surface area contributed by atoms with Crippen molar-refractivity contribution in [3.8, 4) is 0 Å². The van der Waals surface area contributed by atoms with Gasteiger partial charge in [-0.05, 0) is 38.8 Å². The van der Waals surface area contributed by atoms with Crippen LogP contribution >= 0.6 is 0 Å². The number of nitrogens with two attached hydrogens (primary N) is 1. The minimum absolute atomic E-state index is 0.666. The molecule has 1 saturated heterocycles. The summed E-state index contributed by atoms with van der Waals surface area (Å²) in [5.74, 6) is 0. The molecule has 0 aromatic carbocycles. The van der Waals surface area contributed by atoms with Crippen LogP contribution in [0.2, 0.25) is 0 Å². The van der Waals surface area contributed by atoms with Gasteiger partial charge in [-0.3, -0.25) is 0 Å². The van der Waals surface area contributed by atoms with Gasteiger partial charge >= 0.3 is 0 Å². The summed E-state index contributed by atoms with van der Waals surface area (Å²) in [6.07, 6.45) is 4.69. The highest BCUT2D eigenvalue weighted by molar-refractivity contribution is 4.68. The topological polar surface area (TPSA) is 47.3 Å². The molecule has 72 valence electrons. The Morgan fingerprint density at radius 3 is 3.08 bits per heavy atom. The Balaban J connectivity index is 2.04. The zero-order valence-electron chi connectivity index (χ0n) is 7.72. The predicted molar refractivity (Wildman–Crippen MR) is 50.1 cm³/mol. The van der Waals surface area contributed by atoms with Crippen LogP contribution in [-0.4, -0.2) is 32.3 Å². The van der Waals surface area contributed by atoms with Crippen molar-refractivity contribution in [3.63, 3.8) is 0 Å². The second-order valence-corrected chi connectivity index (χ2v) is 3.34. The highest BCUT2D eigenvalue weighted by atomic mass is 16.5. The van der Waals surface area contributed by atoms with E-state index in [0.29, 0.717) is 6.04 Å². The largest absolute Gasteiger partial charge is 0.381 e. The van der Waals surface area contributed by atoms with E-state index in [0.717, 1.165) is 39.1 Å². The molecule has 0 aliphatic carbocycles. The standard InChI is InChI=1S/C9H20N2O/c10-5-2-6-11-9-3-1-7-12-8-4-9/h9,11H,1-8,10H2.